The summed E-state index contributed by atoms with van der Waals surface area (Å²) < 4.78 is 15.8. The summed E-state index contributed by atoms with van der Waals surface area (Å²) in [5, 5.41) is 7.34. The summed E-state index contributed by atoms with van der Waals surface area (Å²) in [5.41, 5.74) is 2.60. The summed E-state index contributed by atoms with van der Waals surface area (Å²) in [5.74, 6) is 1.70. The first-order valence-corrected chi connectivity index (χ1v) is 7.40. The van der Waals surface area contributed by atoms with Crippen LogP contribution in [0.15, 0.2) is 30.6 Å². The Balaban J connectivity index is 1.57. The third-order valence-corrected chi connectivity index (χ3v) is 3.97. The van der Waals surface area contributed by atoms with E-state index in [1.807, 2.05) is 25.1 Å². The van der Waals surface area contributed by atoms with E-state index in [0.29, 0.717) is 23.8 Å². The van der Waals surface area contributed by atoms with Crippen molar-refractivity contribution in [3.63, 3.8) is 0 Å². The van der Waals surface area contributed by atoms with Gasteiger partial charge in [-0.3, -0.25) is 0 Å². The average Bonchev–Trinajstić information content (AvgIpc) is 3.24. The summed E-state index contributed by atoms with van der Waals surface area (Å²) in [6, 6.07) is 7.43. The van der Waals surface area contributed by atoms with Crippen LogP contribution in [0.25, 0.3) is 5.78 Å². The van der Waals surface area contributed by atoms with Crippen LogP contribution >= 0.6 is 0 Å². The molecule has 0 amide bonds. The van der Waals surface area contributed by atoms with Crippen molar-refractivity contribution in [3.8, 4) is 0 Å². The van der Waals surface area contributed by atoms with Gasteiger partial charge in [-0.1, -0.05) is 12.1 Å². The first-order chi connectivity index (χ1) is 10.7. The molecule has 2 heterocycles. The molecule has 4 rings (SSSR count). The van der Waals surface area contributed by atoms with Crippen molar-refractivity contribution in [1.29, 1.82) is 0 Å². The molecule has 0 saturated heterocycles. The van der Waals surface area contributed by atoms with E-state index in [-0.39, 0.29) is 5.82 Å². The Kier molecular flexibility index (Phi) is 3.03. The molecule has 1 fully saturated rings. The van der Waals surface area contributed by atoms with Crippen LogP contribution in [0.2, 0.25) is 0 Å². The number of hydrogen-bond donors (Lipinski definition) is 1. The molecule has 1 aliphatic rings. The van der Waals surface area contributed by atoms with Crippen LogP contribution in [0.1, 0.15) is 35.6 Å². The number of nitrogens with zero attached hydrogens (tertiary/aromatic N) is 4. The molecule has 1 saturated carbocycles. The Morgan fingerprint density at radius 2 is 2.18 bits per heavy atom. The molecule has 1 N–H and O–H groups in total. The second-order valence-corrected chi connectivity index (χ2v) is 5.73. The molecule has 5 nitrogen and oxygen atoms in total. The maximum absolute atomic E-state index is 14.2. The highest BCUT2D eigenvalue weighted by Crippen LogP contribution is 2.40. The summed E-state index contributed by atoms with van der Waals surface area (Å²) in [6.07, 6.45) is 3.81. The number of rotatable bonds is 4. The highest BCUT2D eigenvalue weighted by atomic mass is 19.1. The maximum atomic E-state index is 14.2. The van der Waals surface area contributed by atoms with Crippen molar-refractivity contribution in [3.05, 3.63) is 53.2 Å². The normalized spacial score (nSPS) is 14.5. The third-order valence-electron chi connectivity index (χ3n) is 3.97. The maximum Gasteiger partial charge on any atom is 0.254 e. The highest BCUT2D eigenvalue weighted by Gasteiger charge is 2.24. The quantitative estimate of drug-likeness (QED) is 0.804. The second-order valence-electron chi connectivity index (χ2n) is 5.73. The van der Waals surface area contributed by atoms with Gasteiger partial charge in [-0.2, -0.15) is 14.6 Å². The molecule has 0 aliphatic heterocycles. The van der Waals surface area contributed by atoms with E-state index in [9.17, 15) is 4.39 Å². The minimum Gasteiger partial charge on any atom is -0.366 e. The predicted molar refractivity (Wildman–Crippen MR) is 81.2 cm³/mol. The van der Waals surface area contributed by atoms with Gasteiger partial charge in [-0.25, -0.2) is 9.37 Å². The van der Waals surface area contributed by atoms with Crippen LogP contribution in [0.5, 0.6) is 0 Å². The van der Waals surface area contributed by atoms with Crippen molar-refractivity contribution in [1.82, 2.24) is 19.6 Å². The lowest BCUT2D eigenvalue weighted by Crippen LogP contribution is -2.08. The molecule has 0 bridgehead atoms. The van der Waals surface area contributed by atoms with Gasteiger partial charge in [-0.05, 0) is 37.3 Å². The lowest BCUT2D eigenvalue weighted by Gasteiger charge is -2.10. The first-order valence-electron chi connectivity index (χ1n) is 7.40. The Morgan fingerprint density at radius 1 is 1.32 bits per heavy atom. The largest absolute Gasteiger partial charge is 0.366 e. The summed E-state index contributed by atoms with van der Waals surface area (Å²) >= 11 is 0. The van der Waals surface area contributed by atoms with Gasteiger partial charge in [-0.15, -0.1) is 0 Å². The molecule has 0 spiro atoms. The number of hydrogen-bond acceptors (Lipinski definition) is 4. The summed E-state index contributed by atoms with van der Waals surface area (Å²) in [7, 11) is 0. The number of nitrogens with one attached hydrogen (secondary N) is 1. The first kappa shape index (κ1) is 13.2. The van der Waals surface area contributed by atoms with E-state index < -0.39 is 0 Å². The minimum atomic E-state index is -0.155. The van der Waals surface area contributed by atoms with Crippen LogP contribution in [-0.4, -0.2) is 19.6 Å². The van der Waals surface area contributed by atoms with E-state index in [0.717, 1.165) is 17.1 Å². The number of halogens is 1. The average molecular weight is 297 g/mol. The lowest BCUT2D eigenvalue weighted by molar-refractivity contribution is 0.610. The Bertz CT molecular complexity index is 838. The molecule has 6 heteroatoms. The van der Waals surface area contributed by atoms with Gasteiger partial charge in [0, 0.05) is 23.9 Å². The number of aromatic nitrogens is 4. The van der Waals surface area contributed by atoms with Crippen LogP contribution < -0.4 is 5.32 Å². The molecule has 0 atom stereocenters. The van der Waals surface area contributed by atoms with Crippen molar-refractivity contribution >= 4 is 11.6 Å². The molecule has 2 aromatic heterocycles. The number of fused-ring (bicyclic) bond motifs is 1. The molecule has 0 radical (unpaired) electrons. The zero-order chi connectivity index (χ0) is 15.1. The predicted octanol–water partition coefficient (Wildman–Crippen LogP) is 3.06. The van der Waals surface area contributed by atoms with Gasteiger partial charge >= 0.3 is 0 Å². The molecule has 3 aromatic rings. The van der Waals surface area contributed by atoms with E-state index in [1.54, 1.807) is 10.6 Å². The zero-order valence-corrected chi connectivity index (χ0v) is 12.3. The van der Waals surface area contributed by atoms with E-state index in [2.05, 4.69) is 20.4 Å². The highest BCUT2D eigenvalue weighted by molar-refractivity contribution is 5.45. The van der Waals surface area contributed by atoms with Crippen LogP contribution in [0, 0.1) is 12.7 Å². The number of anilines is 1. The lowest BCUT2D eigenvalue weighted by atomic mass is 10.1. The van der Waals surface area contributed by atoms with Gasteiger partial charge in [0.2, 0.25) is 0 Å². The van der Waals surface area contributed by atoms with Crippen LogP contribution in [0.3, 0.4) is 0 Å². The fraction of sp³-hybridized carbons (Fsp3) is 0.312. The third kappa shape index (κ3) is 2.41. The molecule has 1 aliphatic carbocycles. The van der Waals surface area contributed by atoms with Crippen LogP contribution in [0.4, 0.5) is 10.2 Å². The number of benzene rings is 1. The summed E-state index contributed by atoms with van der Waals surface area (Å²) in [4.78, 5) is 8.36. The van der Waals surface area contributed by atoms with Gasteiger partial charge in [0.05, 0.1) is 0 Å². The summed E-state index contributed by atoms with van der Waals surface area (Å²) in [6.45, 7) is 2.29. The number of aryl methyl sites for hydroxylation is 1. The molecule has 0 unspecified atom stereocenters. The van der Waals surface area contributed by atoms with Crippen molar-refractivity contribution < 1.29 is 4.39 Å². The topological polar surface area (TPSA) is 55.1 Å². The Labute approximate surface area is 127 Å². The van der Waals surface area contributed by atoms with E-state index in [4.69, 9.17) is 0 Å². The smallest absolute Gasteiger partial charge is 0.254 e. The minimum absolute atomic E-state index is 0.155. The standard InChI is InChI=1S/C16H16FN5/c1-10-6-15(22-16(21-10)19-9-20-22)18-8-13-5-4-12(7-14(13)17)11-2-3-11/h4-7,9,11,18H,2-3,8H2,1H3. The second kappa shape index (κ2) is 5.05. The van der Waals surface area contributed by atoms with Gasteiger partial charge < -0.3 is 5.32 Å². The Morgan fingerprint density at radius 3 is 2.95 bits per heavy atom. The van der Waals surface area contributed by atoms with E-state index in [1.165, 1.54) is 19.2 Å². The van der Waals surface area contributed by atoms with Crippen molar-refractivity contribution in [2.45, 2.75) is 32.2 Å². The van der Waals surface area contributed by atoms with Gasteiger partial charge in [0.25, 0.3) is 5.78 Å². The molecule has 1 aromatic carbocycles. The van der Waals surface area contributed by atoms with Crippen molar-refractivity contribution in [2.24, 2.45) is 0 Å². The van der Waals surface area contributed by atoms with Crippen molar-refractivity contribution in [2.75, 3.05) is 5.32 Å². The Hall–Kier alpha value is -2.50. The molecule has 22 heavy (non-hydrogen) atoms. The van der Waals surface area contributed by atoms with E-state index >= 15 is 0 Å². The monoisotopic (exact) mass is 297 g/mol. The zero-order valence-electron chi connectivity index (χ0n) is 12.3. The SMILES string of the molecule is Cc1cc(NCc2ccc(C3CC3)cc2F)n2ncnc2n1. The van der Waals surface area contributed by atoms with Crippen LogP contribution in [-0.2, 0) is 6.54 Å². The fourth-order valence-electron chi connectivity index (χ4n) is 2.62. The molecular formula is C16H16FN5. The van der Waals surface area contributed by atoms with Gasteiger partial charge in [0.15, 0.2) is 0 Å². The van der Waals surface area contributed by atoms with Gasteiger partial charge in [0.1, 0.15) is 18.0 Å². The molecular weight excluding hydrogens is 281 g/mol. The molecule has 112 valence electrons. The fourth-order valence-corrected chi connectivity index (χ4v) is 2.62.